The second-order valence-electron chi connectivity index (χ2n) is 5.50. The van der Waals surface area contributed by atoms with Crippen molar-refractivity contribution < 1.29 is 19.4 Å². The molecule has 2 N–H and O–H groups in total. The molecule has 0 aliphatic heterocycles. The third-order valence-electron chi connectivity index (χ3n) is 2.23. The summed E-state index contributed by atoms with van der Waals surface area (Å²) in [6, 6.07) is 0.862. The van der Waals surface area contributed by atoms with Crippen LogP contribution in [-0.2, 0) is 9.53 Å². The molecule has 0 radical (unpaired) electrons. The molecule has 1 atom stereocenters. The average molecular weight is 273 g/mol. The molecule has 0 spiro atoms. The average Bonchev–Trinajstić information content (AvgIpc) is 2.20. The van der Waals surface area contributed by atoms with Gasteiger partial charge in [0.25, 0.3) is 0 Å². The highest BCUT2D eigenvalue weighted by Gasteiger charge is 2.23. The van der Waals surface area contributed by atoms with Crippen LogP contribution >= 0.6 is 0 Å². The largest absolute Gasteiger partial charge is 0.481 e. The van der Waals surface area contributed by atoms with E-state index in [0.717, 1.165) is 6.04 Å². The van der Waals surface area contributed by atoms with Gasteiger partial charge in [-0.1, -0.05) is 38.3 Å². The van der Waals surface area contributed by atoms with Crippen LogP contribution < -0.4 is 5.32 Å². The van der Waals surface area contributed by atoms with Crippen LogP contribution in [0.4, 0.5) is 4.79 Å². The molecule has 0 fully saturated rings. The Morgan fingerprint density at radius 2 is 2.06 bits per heavy atom. The first kappa shape index (κ1) is 16.7. The first-order valence-corrected chi connectivity index (χ1v) is 9.68. The summed E-state index contributed by atoms with van der Waals surface area (Å²) in [7, 11) is -1.36. The van der Waals surface area contributed by atoms with Crippen molar-refractivity contribution in [3.63, 3.8) is 0 Å². The van der Waals surface area contributed by atoms with E-state index in [2.05, 4.69) is 31.5 Å². The molecule has 0 aliphatic rings. The Balaban J connectivity index is 4.19. The Morgan fingerprint density at radius 1 is 1.44 bits per heavy atom. The smallest absolute Gasteiger partial charge is 0.407 e. The van der Waals surface area contributed by atoms with Gasteiger partial charge in [0, 0.05) is 21.0 Å². The van der Waals surface area contributed by atoms with Crippen molar-refractivity contribution >= 4 is 20.1 Å². The predicted octanol–water partition coefficient (Wildman–Crippen LogP) is 2.33. The number of carboxylic acids is 1. The van der Waals surface area contributed by atoms with Crippen LogP contribution in [0, 0.1) is 5.92 Å². The van der Waals surface area contributed by atoms with E-state index in [9.17, 15) is 9.59 Å². The topological polar surface area (TPSA) is 75.6 Å². The molecular formula is C12H23NO4Si. The zero-order valence-corrected chi connectivity index (χ0v) is 12.4. The van der Waals surface area contributed by atoms with Crippen molar-refractivity contribution in [2.75, 3.05) is 13.2 Å². The van der Waals surface area contributed by atoms with E-state index in [-0.39, 0.29) is 18.9 Å². The molecule has 1 amide bonds. The normalized spacial score (nSPS) is 12.6. The second kappa shape index (κ2) is 7.92. The second-order valence-corrected chi connectivity index (χ2v) is 11.0. The minimum Gasteiger partial charge on any atom is -0.481 e. The van der Waals surface area contributed by atoms with Crippen LogP contribution in [0.1, 0.15) is 6.42 Å². The number of aliphatic carboxylic acids is 1. The first-order valence-electron chi connectivity index (χ1n) is 5.98. The van der Waals surface area contributed by atoms with Crippen LogP contribution in [-0.4, -0.2) is 38.4 Å². The van der Waals surface area contributed by atoms with Crippen LogP contribution in [0.5, 0.6) is 0 Å². The molecule has 104 valence electrons. The van der Waals surface area contributed by atoms with Gasteiger partial charge in [0.15, 0.2) is 0 Å². The van der Waals surface area contributed by atoms with Gasteiger partial charge in [-0.05, 0) is 5.92 Å². The molecule has 0 heterocycles. The minimum atomic E-state index is -1.36. The van der Waals surface area contributed by atoms with Crippen molar-refractivity contribution in [1.82, 2.24) is 5.32 Å². The molecule has 0 rings (SSSR count). The van der Waals surface area contributed by atoms with E-state index in [0.29, 0.717) is 6.54 Å². The quantitative estimate of drug-likeness (QED) is 0.525. The minimum absolute atomic E-state index is 0.0366. The molecule has 18 heavy (non-hydrogen) atoms. The first-order chi connectivity index (χ1) is 8.24. The van der Waals surface area contributed by atoms with E-state index in [1.165, 1.54) is 6.08 Å². The zero-order valence-electron chi connectivity index (χ0n) is 11.4. The number of rotatable bonds is 8. The lowest BCUT2D eigenvalue weighted by molar-refractivity contribution is -0.137. The zero-order chi connectivity index (χ0) is 14.2. The standard InChI is InChI=1S/C12H23NO4Si/c1-5-6-17-12(16)13-8-10(7-11(14)15)9-18(2,3)4/h5,10H,1,6-9H2,2-4H3,(H,13,16)(H,14,15). The molecule has 0 saturated carbocycles. The Morgan fingerprint density at radius 3 is 2.50 bits per heavy atom. The highest BCUT2D eigenvalue weighted by Crippen LogP contribution is 2.19. The summed E-state index contributed by atoms with van der Waals surface area (Å²) in [5.41, 5.74) is 0. The number of carbonyl (C=O) groups is 2. The maximum Gasteiger partial charge on any atom is 0.407 e. The number of carbonyl (C=O) groups excluding carboxylic acids is 1. The van der Waals surface area contributed by atoms with Crippen LogP contribution in [0.15, 0.2) is 12.7 Å². The van der Waals surface area contributed by atoms with Crippen molar-refractivity contribution in [3.05, 3.63) is 12.7 Å². The number of carboxylic acid groups (broad SMARTS) is 1. The van der Waals surface area contributed by atoms with Crippen LogP contribution in [0.2, 0.25) is 25.7 Å². The van der Waals surface area contributed by atoms with Crippen molar-refractivity contribution in [2.24, 2.45) is 5.92 Å². The summed E-state index contributed by atoms with van der Waals surface area (Å²) in [6.07, 6.45) is 1.03. The van der Waals surface area contributed by atoms with E-state index in [1.54, 1.807) is 0 Å². The van der Waals surface area contributed by atoms with Crippen molar-refractivity contribution in [1.29, 1.82) is 0 Å². The Labute approximate surface area is 109 Å². The van der Waals surface area contributed by atoms with E-state index in [4.69, 9.17) is 9.84 Å². The molecule has 0 aromatic carbocycles. The summed E-state index contributed by atoms with van der Waals surface area (Å²) >= 11 is 0. The lowest BCUT2D eigenvalue weighted by atomic mass is 10.1. The predicted molar refractivity (Wildman–Crippen MR) is 73.4 cm³/mol. The fourth-order valence-electron chi connectivity index (χ4n) is 1.74. The summed E-state index contributed by atoms with van der Waals surface area (Å²) < 4.78 is 4.77. The van der Waals surface area contributed by atoms with E-state index >= 15 is 0 Å². The number of hydrogen-bond donors (Lipinski definition) is 2. The van der Waals surface area contributed by atoms with Gasteiger partial charge < -0.3 is 15.2 Å². The molecule has 0 aromatic heterocycles. The van der Waals surface area contributed by atoms with E-state index < -0.39 is 20.1 Å². The van der Waals surface area contributed by atoms with Crippen molar-refractivity contribution in [2.45, 2.75) is 32.1 Å². The van der Waals surface area contributed by atoms with E-state index in [1.807, 2.05) is 0 Å². The molecule has 1 unspecified atom stereocenters. The molecule has 5 nitrogen and oxygen atoms in total. The number of ether oxygens (including phenoxy) is 1. The highest BCUT2D eigenvalue weighted by atomic mass is 28.3. The molecule has 0 bridgehead atoms. The summed E-state index contributed by atoms with van der Waals surface area (Å²) in [5, 5.41) is 11.4. The molecule has 0 saturated heterocycles. The number of amides is 1. The van der Waals surface area contributed by atoms with Gasteiger partial charge in [-0.2, -0.15) is 0 Å². The lowest BCUT2D eigenvalue weighted by Gasteiger charge is -2.23. The Kier molecular flexibility index (Phi) is 7.34. The maximum absolute atomic E-state index is 11.2. The maximum atomic E-state index is 11.2. The number of nitrogens with one attached hydrogen (secondary N) is 1. The highest BCUT2D eigenvalue weighted by molar-refractivity contribution is 6.76. The number of hydrogen-bond acceptors (Lipinski definition) is 3. The lowest BCUT2D eigenvalue weighted by Crippen LogP contribution is -2.35. The molecule has 6 heteroatoms. The van der Waals surface area contributed by atoms with Crippen LogP contribution in [0.25, 0.3) is 0 Å². The van der Waals surface area contributed by atoms with Crippen molar-refractivity contribution in [3.8, 4) is 0 Å². The SMILES string of the molecule is C=CCOC(=O)NCC(CC(=O)O)C[Si](C)(C)C. The van der Waals surface area contributed by atoms with Gasteiger partial charge in [-0.15, -0.1) is 0 Å². The monoisotopic (exact) mass is 273 g/mol. The van der Waals surface area contributed by atoms with Gasteiger partial charge in [0.2, 0.25) is 0 Å². The third kappa shape index (κ3) is 9.89. The Bertz CT molecular complexity index is 299. The van der Waals surface area contributed by atoms with Gasteiger partial charge in [-0.3, -0.25) is 4.79 Å². The van der Waals surface area contributed by atoms with Gasteiger partial charge in [0.1, 0.15) is 6.61 Å². The fraction of sp³-hybridized carbons (Fsp3) is 0.667. The fourth-order valence-corrected chi connectivity index (χ4v) is 3.76. The molecule has 0 aliphatic carbocycles. The summed E-state index contributed by atoms with van der Waals surface area (Å²) in [4.78, 5) is 22.0. The van der Waals surface area contributed by atoms with Gasteiger partial charge >= 0.3 is 12.1 Å². The third-order valence-corrected chi connectivity index (χ3v) is 4.03. The van der Waals surface area contributed by atoms with Crippen LogP contribution in [0.3, 0.4) is 0 Å². The number of alkyl carbamates (subject to hydrolysis) is 1. The Hall–Kier alpha value is -1.30. The molecular weight excluding hydrogens is 250 g/mol. The summed E-state index contributed by atoms with van der Waals surface area (Å²) in [6.45, 7) is 10.5. The van der Waals surface area contributed by atoms with Gasteiger partial charge in [-0.25, -0.2) is 4.79 Å². The molecule has 0 aromatic rings. The summed E-state index contributed by atoms with van der Waals surface area (Å²) in [5.74, 6) is -0.870. The van der Waals surface area contributed by atoms with Gasteiger partial charge in [0.05, 0.1) is 0 Å².